The van der Waals surface area contributed by atoms with Gasteiger partial charge in [0.05, 0.1) is 5.75 Å². The van der Waals surface area contributed by atoms with Gasteiger partial charge in [0.1, 0.15) is 11.9 Å². The lowest BCUT2D eigenvalue weighted by Crippen LogP contribution is -2.52. The SMILES string of the molecule is CC[C@@H](C(=O)NC1CCCCC1)N(Cc1ccc(C)cc1)C(=O)CSCc1ccc(F)cc1. The van der Waals surface area contributed by atoms with Gasteiger partial charge in [-0.15, -0.1) is 11.8 Å². The minimum Gasteiger partial charge on any atom is -0.352 e. The average Bonchev–Trinajstić information content (AvgIpc) is 2.82. The van der Waals surface area contributed by atoms with Crippen LogP contribution in [0.5, 0.6) is 0 Å². The van der Waals surface area contributed by atoms with Crippen LogP contribution in [0.1, 0.15) is 62.1 Å². The van der Waals surface area contributed by atoms with E-state index in [1.807, 2.05) is 38.1 Å². The van der Waals surface area contributed by atoms with Crippen molar-refractivity contribution in [2.24, 2.45) is 0 Å². The molecule has 1 aliphatic carbocycles. The van der Waals surface area contributed by atoms with E-state index in [1.165, 1.54) is 30.3 Å². The van der Waals surface area contributed by atoms with Gasteiger partial charge in [-0.1, -0.05) is 68.1 Å². The Hall–Kier alpha value is -2.34. The van der Waals surface area contributed by atoms with Gasteiger partial charge in [-0.2, -0.15) is 0 Å². The molecule has 1 N–H and O–H groups in total. The van der Waals surface area contributed by atoms with Crippen molar-refractivity contribution in [3.05, 3.63) is 71.0 Å². The summed E-state index contributed by atoms with van der Waals surface area (Å²) in [5.74, 6) is 0.534. The van der Waals surface area contributed by atoms with Gasteiger partial charge >= 0.3 is 0 Å². The minimum absolute atomic E-state index is 0.0478. The van der Waals surface area contributed by atoms with Crippen LogP contribution in [-0.2, 0) is 21.9 Å². The van der Waals surface area contributed by atoms with Crippen molar-refractivity contribution in [3.63, 3.8) is 0 Å². The molecule has 1 atom stereocenters. The number of carbonyl (C=O) groups excluding carboxylic acids is 2. The fraction of sp³-hybridized carbons (Fsp3) is 0.481. The molecule has 178 valence electrons. The molecule has 2 aromatic rings. The summed E-state index contributed by atoms with van der Waals surface area (Å²) < 4.78 is 13.1. The summed E-state index contributed by atoms with van der Waals surface area (Å²) in [5, 5.41) is 3.21. The highest BCUT2D eigenvalue weighted by molar-refractivity contribution is 7.99. The number of nitrogens with zero attached hydrogens (tertiary/aromatic N) is 1. The van der Waals surface area contributed by atoms with Crippen LogP contribution in [0.4, 0.5) is 4.39 Å². The van der Waals surface area contributed by atoms with Crippen LogP contribution >= 0.6 is 11.8 Å². The van der Waals surface area contributed by atoms with Gasteiger partial charge < -0.3 is 10.2 Å². The van der Waals surface area contributed by atoms with E-state index in [0.717, 1.165) is 42.4 Å². The quantitative estimate of drug-likeness (QED) is 0.490. The van der Waals surface area contributed by atoms with Crippen molar-refractivity contribution >= 4 is 23.6 Å². The van der Waals surface area contributed by atoms with Crippen LogP contribution in [-0.4, -0.2) is 34.6 Å². The van der Waals surface area contributed by atoms with Crippen molar-refractivity contribution in [2.45, 2.75) is 76.8 Å². The van der Waals surface area contributed by atoms with Gasteiger partial charge in [0, 0.05) is 18.3 Å². The monoisotopic (exact) mass is 470 g/mol. The highest BCUT2D eigenvalue weighted by Gasteiger charge is 2.30. The summed E-state index contributed by atoms with van der Waals surface area (Å²) >= 11 is 1.49. The zero-order valence-corrected chi connectivity index (χ0v) is 20.5. The van der Waals surface area contributed by atoms with E-state index in [9.17, 15) is 14.0 Å². The second-order valence-corrected chi connectivity index (χ2v) is 9.88. The molecule has 0 spiro atoms. The highest BCUT2D eigenvalue weighted by Crippen LogP contribution is 2.20. The van der Waals surface area contributed by atoms with E-state index < -0.39 is 6.04 Å². The van der Waals surface area contributed by atoms with E-state index in [4.69, 9.17) is 0 Å². The molecule has 33 heavy (non-hydrogen) atoms. The number of hydrogen-bond donors (Lipinski definition) is 1. The van der Waals surface area contributed by atoms with Crippen LogP contribution < -0.4 is 5.32 Å². The fourth-order valence-electron chi connectivity index (χ4n) is 4.27. The summed E-state index contributed by atoms with van der Waals surface area (Å²) in [6.07, 6.45) is 6.12. The maximum Gasteiger partial charge on any atom is 0.243 e. The van der Waals surface area contributed by atoms with E-state index >= 15 is 0 Å². The van der Waals surface area contributed by atoms with E-state index in [0.29, 0.717) is 18.7 Å². The van der Waals surface area contributed by atoms with E-state index in [-0.39, 0.29) is 29.4 Å². The normalized spacial score (nSPS) is 15.1. The molecule has 0 saturated heterocycles. The molecule has 2 amide bonds. The highest BCUT2D eigenvalue weighted by atomic mass is 32.2. The molecule has 3 rings (SSSR count). The van der Waals surface area contributed by atoms with Gasteiger partial charge in [-0.3, -0.25) is 9.59 Å². The second-order valence-electron chi connectivity index (χ2n) is 8.89. The molecule has 0 radical (unpaired) electrons. The molecular weight excluding hydrogens is 435 g/mol. The van der Waals surface area contributed by atoms with Gasteiger partial charge in [0.25, 0.3) is 0 Å². The maximum atomic E-state index is 13.3. The lowest BCUT2D eigenvalue weighted by atomic mass is 9.95. The Morgan fingerprint density at radius 2 is 1.67 bits per heavy atom. The average molecular weight is 471 g/mol. The lowest BCUT2D eigenvalue weighted by molar-refractivity contribution is -0.139. The summed E-state index contributed by atoms with van der Waals surface area (Å²) in [6.45, 7) is 4.41. The first-order valence-electron chi connectivity index (χ1n) is 11.9. The van der Waals surface area contributed by atoms with Gasteiger partial charge in [-0.25, -0.2) is 4.39 Å². The standard InChI is InChI=1S/C27H35FN2O2S/c1-3-25(27(32)29-24-7-5-4-6-8-24)30(17-21-11-9-20(2)10-12-21)26(31)19-33-18-22-13-15-23(28)16-14-22/h9-16,24-25H,3-8,17-19H2,1-2H3,(H,29,32)/t25-/m0/s1. The van der Waals surface area contributed by atoms with Crippen molar-refractivity contribution in [1.29, 1.82) is 0 Å². The molecule has 2 aromatic carbocycles. The molecule has 0 bridgehead atoms. The third kappa shape index (κ3) is 7.88. The largest absolute Gasteiger partial charge is 0.352 e. The topological polar surface area (TPSA) is 49.4 Å². The molecule has 4 nitrogen and oxygen atoms in total. The first-order chi connectivity index (χ1) is 16.0. The third-order valence-corrected chi connectivity index (χ3v) is 7.21. The summed E-state index contributed by atoms with van der Waals surface area (Å²) in [5.41, 5.74) is 3.15. The van der Waals surface area contributed by atoms with E-state index in [1.54, 1.807) is 17.0 Å². The van der Waals surface area contributed by atoms with Gasteiger partial charge in [0.15, 0.2) is 0 Å². The Bertz CT molecular complexity index is 895. The zero-order valence-electron chi connectivity index (χ0n) is 19.7. The number of thioether (sulfide) groups is 1. The molecule has 0 heterocycles. The maximum absolute atomic E-state index is 13.3. The molecule has 6 heteroatoms. The molecular formula is C27H35FN2O2S. The van der Waals surface area contributed by atoms with Crippen LogP contribution in [0.3, 0.4) is 0 Å². The summed E-state index contributed by atoms with van der Waals surface area (Å²) in [7, 11) is 0. The number of nitrogens with one attached hydrogen (secondary N) is 1. The first-order valence-corrected chi connectivity index (χ1v) is 13.1. The molecule has 0 aromatic heterocycles. The Morgan fingerprint density at radius 1 is 1.03 bits per heavy atom. The molecule has 1 aliphatic rings. The Labute approximate surface area is 201 Å². The zero-order chi connectivity index (χ0) is 23.6. The predicted octanol–water partition coefficient (Wildman–Crippen LogP) is 5.62. The number of halogens is 1. The van der Waals surface area contributed by atoms with Crippen LogP contribution in [0.15, 0.2) is 48.5 Å². The second kappa shape index (κ2) is 12.8. The van der Waals surface area contributed by atoms with Gasteiger partial charge in [-0.05, 0) is 49.4 Å². The number of benzene rings is 2. The fourth-order valence-corrected chi connectivity index (χ4v) is 5.14. The molecule has 1 fully saturated rings. The summed E-state index contributed by atoms with van der Waals surface area (Å²) in [4.78, 5) is 28.3. The summed E-state index contributed by atoms with van der Waals surface area (Å²) in [6, 6.07) is 14.2. The van der Waals surface area contributed by atoms with Crippen molar-refractivity contribution in [3.8, 4) is 0 Å². The first kappa shape index (κ1) is 25.3. The predicted molar refractivity (Wildman–Crippen MR) is 133 cm³/mol. The Balaban J connectivity index is 1.68. The Morgan fingerprint density at radius 3 is 2.30 bits per heavy atom. The number of carbonyl (C=O) groups is 2. The van der Waals surface area contributed by atoms with Crippen molar-refractivity contribution in [1.82, 2.24) is 10.2 Å². The smallest absolute Gasteiger partial charge is 0.243 e. The molecule has 1 saturated carbocycles. The van der Waals surface area contributed by atoms with Crippen LogP contribution in [0, 0.1) is 12.7 Å². The van der Waals surface area contributed by atoms with Crippen molar-refractivity contribution < 1.29 is 14.0 Å². The number of aryl methyl sites for hydroxylation is 1. The van der Waals surface area contributed by atoms with Crippen molar-refractivity contribution in [2.75, 3.05) is 5.75 Å². The van der Waals surface area contributed by atoms with Gasteiger partial charge in [0.2, 0.25) is 11.8 Å². The number of rotatable bonds is 10. The minimum atomic E-state index is -0.493. The van der Waals surface area contributed by atoms with Crippen LogP contribution in [0.25, 0.3) is 0 Å². The van der Waals surface area contributed by atoms with E-state index in [2.05, 4.69) is 5.32 Å². The van der Waals surface area contributed by atoms with Crippen LogP contribution in [0.2, 0.25) is 0 Å². The Kier molecular flexibility index (Phi) is 9.79. The lowest BCUT2D eigenvalue weighted by Gasteiger charge is -2.32. The number of amides is 2. The third-order valence-electron chi connectivity index (χ3n) is 6.22. The molecule has 0 aliphatic heterocycles. The molecule has 0 unspecified atom stereocenters. The number of hydrogen-bond acceptors (Lipinski definition) is 3.